The van der Waals surface area contributed by atoms with Crippen molar-refractivity contribution in [2.75, 3.05) is 18.4 Å². The number of carbonyl (C=O) groups excluding carboxylic acids is 1. The van der Waals surface area contributed by atoms with Crippen molar-refractivity contribution < 1.29 is 18.3 Å². The average molecular weight is 448 g/mol. The molecule has 0 bridgehead atoms. The van der Waals surface area contributed by atoms with E-state index in [1.165, 1.54) is 16.6 Å². The molecule has 174 valence electrons. The molecule has 0 aliphatic carbocycles. The third-order valence-corrected chi connectivity index (χ3v) is 6.75. The molecule has 7 nitrogen and oxygen atoms in total. The van der Waals surface area contributed by atoms with Crippen LogP contribution in [0.15, 0.2) is 24.5 Å². The number of benzene rings is 1. The van der Waals surface area contributed by atoms with Crippen molar-refractivity contribution >= 4 is 11.9 Å². The molecule has 1 fully saturated rings. The predicted molar refractivity (Wildman–Crippen MR) is 117 cm³/mol. The molecule has 1 aromatic carbocycles. The second-order valence-corrected chi connectivity index (χ2v) is 9.40. The minimum atomic E-state index is -2.50. The van der Waals surface area contributed by atoms with Crippen molar-refractivity contribution in [2.45, 2.75) is 71.1 Å². The van der Waals surface area contributed by atoms with E-state index < -0.39 is 18.1 Å². The van der Waals surface area contributed by atoms with Crippen LogP contribution in [0.4, 0.5) is 14.7 Å². The molecule has 0 unspecified atom stereocenters. The fraction of sp³-hybridized carbons (Fsp3) is 0.609. The Labute approximate surface area is 187 Å². The van der Waals surface area contributed by atoms with Crippen LogP contribution < -0.4 is 10.1 Å². The SMILES string of the molecule is Cc1ccc(OC(C)(C)C(=O)N2CCC([C@@H]3C[C@H](C(F)F)n4ncnc4N3)CC2)cc1C. The van der Waals surface area contributed by atoms with E-state index in [1.54, 1.807) is 13.8 Å². The number of amides is 1. The lowest BCUT2D eigenvalue weighted by Gasteiger charge is -2.41. The van der Waals surface area contributed by atoms with Gasteiger partial charge in [-0.25, -0.2) is 13.5 Å². The summed E-state index contributed by atoms with van der Waals surface area (Å²) in [6, 6.07) is 4.74. The van der Waals surface area contributed by atoms with Crippen LogP contribution in [0.1, 0.15) is 50.3 Å². The normalized spacial score (nSPS) is 21.9. The van der Waals surface area contributed by atoms with E-state index in [-0.39, 0.29) is 17.9 Å². The van der Waals surface area contributed by atoms with Crippen molar-refractivity contribution in [1.29, 1.82) is 0 Å². The Morgan fingerprint density at radius 1 is 1.22 bits per heavy atom. The quantitative estimate of drug-likeness (QED) is 0.751. The Bertz CT molecular complexity index is 969. The molecule has 2 aliphatic heterocycles. The number of carbonyl (C=O) groups is 1. The van der Waals surface area contributed by atoms with Gasteiger partial charge in [-0.15, -0.1) is 0 Å². The zero-order valence-corrected chi connectivity index (χ0v) is 19.0. The number of ether oxygens (including phenoxy) is 1. The number of halogens is 2. The number of fused-ring (bicyclic) bond motifs is 1. The lowest BCUT2D eigenvalue weighted by molar-refractivity contribution is -0.147. The van der Waals surface area contributed by atoms with E-state index in [1.807, 2.05) is 36.9 Å². The zero-order chi connectivity index (χ0) is 23.0. The molecular formula is C23H31F2N5O2. The van der Waals surface area contributed by atoms with Gasteiger partial charge in [0.25, 0.3) is 12.3 Å². The van der Waals surface area contributed by atoms with E-state index in [0.29, 0.717) is 31.2 Å². The maximum atomic E-state index is 13.6. The number of likely N-dealkylation sites (tertiary alicyclic amines) is 1. The van der Waals surface area contributed by atoms with Gasteiger partial charge in [-0.05, 0) is 76.1 Å². The summed E-state index contributed by atoms with van der Waals surface area (Å²) in [5.41, 5.74) is 1.30. The number of piperidine rings is 1. The third-order valence-electron chi connectivity index (χ3n) is 6.75. The summed E-state index contributed by atoms with van der Waals surface area (Å²) in [6.07, 6.45) is 0.595. The largest absolute Gasteiger partial charge is 0.478 e. The van der Waals surface area contributed by atoms with Crippen LogP contribution in [0.2, 0.25) is 0 Å². The lowest BCUT2D eigenvalue weighted by atomic mass is 9.84. The van der Waals surface area contributed by atoms with Crippen LogP contribution in [-0.2, 0) is 4.79 Å². The lowest BCUT2D eigenvalue weighted by Crippen LogP contribution is -2.53. The van der Waals surface area contributed by atoms with Crippen LogP contribution in [0.3, 0.4) is 0 Å². The minimum Gasteiger partial charge on any atom is -0.478 e. The van der Waals surface area contributed by atoms with Gasteiger partial charge in [0.2, 0.25) is 5.95 Å². The van der Waals surface area contributed by atoms with E-state index in [2.05, 4.69) is 15.4 Å². The average Bonchev–Trinajstić information content (AvgIpc) is 3.23. The summed E-state index contributed by atoms with van der Waals surface area (Å²) in [7, 11) is 0. The highest BCUT2D eigenvalue weighted by Gasteiger charge is 2.40. The van der Waals surface area contributed by atoms with Gasteiger partial charge < -0.3 is 15.0 Å². The maximum absolute atomic E-state index is 13.6. The summed E-state index contributed by atoms with van der Waals surface area (Å²) in [5.74, 6) is 1.20. The highest BCUT2D eigenvalue weighted by molar-refractivity contribution is 5.85. The molecule has 0 radical (unpaired) electrons. The van der Waals surface area contributed by atoms with Crippen LogP contribution in [0, 0.1) is 19.8 Å². The van der Waals surface area contributed by atoms with Gasteiger partial charge in [-0.1, -0.05) is 6.07 Å². The highest BCUT2D eigenvalue weighted by atomic mass is 19.3. The molecule has 3 heterocycles. The first-order chi connectivity index (χ1) is 15.2. The van der Waals surface area contributed by atoms with Gasteiger partial charge in [0, 0.05) is 19.1 Å². The standard InChI is InChI=1S/C23H31F2N5O2/c1-14-5-6-17(11-15(14)2)32-23(3,4)21(31)29-9-7-16(8-10-29)18-12-19(20(24)25)30-22(28-18)26-13-27-30/h5-6,11,13,16,18-20H,7-10,12H2,1-4H3,(H,26,27,28)/t18-,19+/m0/s1. The Kier molecular flexibility index (Phi) is 6.09. The second kappa shape index (κ2) is 8.67. The summed E-state index contributed by atoms with van der Waals surface area (Å²) in [4.78, 5) is 19.1. The summed E-state index contributed by atoms with van der Waals surface area (Å²) in [6.45, 7) is 8.79. The fourth-order valence-electron chi connectivity index (χ4n) is 4.70. The van der Waals surface area contributed by atoms with Crippen LogP contribution in [-0.4, -0.2) is 56.7 Å². The summed E-state index contributed by atoms with van der Waals surface area (Å²) in [5, 5.41) is 7.22. The molecular weight excluding hydrogens is 416 g/mol. The molecule has 4 rings (SSSR count). The number of aromatic nitrogens is 3. The minimum absolute atomic E-state index is 0.0593. The molecule has 1 saturated heterocycles. The van der Waals surface area contributed by atoms with E-state index in [4.69, 9.17) is 4.74 Å². The Balaban J connectivity index is 1.37. The third kappa shape index (κ3) is 4.42. The van der Waals surface area contributed by atoms with Crippen LogP contribution in [0.25, 0.3) is 0 Å². The van der Waals surface area contributed by atoms with Crippen molar-refractivity contribution in [1.82, 2.24) is 19.7 Å². The molecule has 0 spiro atoms. The smallest absolute Gasteiger partial charge is 0.266 e. The monoisotopic (exact) mass is 447 g/mol. The molecule has 0 saturated carbocycles. The number of nitrogens with zero attached hydrogens (tertiary/aromatic N) is 4. The summed E-state index contributed by atoms with van der Waals surface area (Å²) >= 11 is 0. The van der Waals surface area contributed by atoms with E-state index in [0.717, 1.165) is 18.4 Å². The first-order valence-electron chi connectivity index (χ1n) is 11.2. The van der Waals surface area contributed by atoms with Crippen molar-refractivity contribution in [2.24, 2.45) is 5.92 Å². The first kappa shape index (κ1) is 22.5. The number of hydrogen-bond donors (Lipinski definition) is 1. The molecule has 32 heavy (non-hydrogen) atoms. The number of alkyl halides is 2. The van der Waals surface area contributed by atoms with Crippen molar-refractivity contribution in [3.8, 4) is 5.75 Å². The molecule has 2 atom stereocenters. The van der Waals surface area contributed by atoms with Gasteiger partial charge in [-0.2, -0.15) is 10.1 Å². The second-order valence-electron chi connectivity index (χ2n) is 9.40. The van der Waals surface area contributed by atoms with E-state index in [9.17, 15) is 13.6 Å². The number of hydrogen-bond acceptors (Lipinski definition) is 5. The zero-order valence-electron chi connectivity index (χ0n) is 19.0. The van der Waals surface area contributed by atoms with E-state index >= 15 is 0 Å². The molecule has 2 aliphatic rings. The van der Waals surface area contributed by atoms with Gasteiger partial charge in [0.15, 0.2) is 5.60 Å². The molecule has 2 aromatic rings. The Hall–Kier alpha value is -2.71. The number of aryl methyl sites for hydroxylation is 2. The number of rotatable bonds is 5. The van der Waals surface area contributed by atoms with Gasteiger partial charge in [0.1, 0.15) is 18.1 Å². The topological polar surface area (TPSA) is 72.3 Å². The molecule has 1 aromatic heterocycles. The van der Waals surface area contributed by atoms with Crippen LogP contribution >= 0.6 is 0 Å². The molecule has 1 N–H and O–H groups in total. The van der Waals surface area contributed by atoms with Gasteiger partial charge in [0.05, 0.1) is 0 Å². The predicted octanol–water partition coefficient (Wildman–Crippen LogP) is 3.98. The molecule has 1 amide bonds. The van der Waals surface area contributed by atoms with Crippen molar-refractivity contribution in [3.63, 3.8) is 0 Å². The Morgan fingerprint density at radius 2 is 1.94 bits per heavy atom. The van der Waals surface area contributed by atoms with Gasteiger partial charge >= 0.3 is 0 Å². The number of nitrogens with one attached hydrogen (secondary N) is 1. The molecule has 9 heteroatoms. The van der Waals surface area contributed by atoms with Crippen LogP contribution in [0.5, 0.6) is 5.75 Å². The van der Waals surface area contributed by atoms with Gasteiger partial charge in [-0.3, -0.25) is 4.79 Å². The first-order valence-corrected chi connectivity index (χ1v) is 11.2. The number of anilines is 1. The fourth-order valence-corrected chi connectivity index (χ4v) is 4.70. The maximum Gasteiger partial charge on any atom is 0.266 e. The van der Waals surface area contributed by atoms with Crippen molar-refractivity contribution in [3.05, 3.63) is 35.7 Å². The Morgan fingerprint density at radius 3 is 2.59 bits per heavy atom. The summed E-state index contributed by atoms with van der Waals surface area (Å²) < 4.78 is 34.5. The highest BCUT2D eigenvalue weighted by Crippen LogP contribution is 2.36.